The van der Waals surface area contributed by atoms with Gasteiger partial charge in [0.25, 0.3) is 0 Å². The van der Waals surface area contributed by atoms with E-state index in [0.717, 1.165) is 0 Å². The maximum atomic E-state index is 12.1. The molecule has 136 valence electrons. The molecule has 0 bridgehead atoms. The third-order valence-electron chi connectivity index (χ3n) is 5.98. The molecule has 0 aromatic rings. The molecule has 0 aromatic carbocycles. The molecule has 25 heavy (non-hydrogen) atoms. The average molecular weight is 348 g/mol. The van der Waals surface area contributed by atoms with Crippen LogP contribution in [0.2, 0.25) is 0 Å². The molecular weight excluding hydrogens is 324 g/mol. The van der Waals surface area contributed by atoms with Gasteiger partial charge in [0, 0.05) is 28.9 Å². The molecule has 7 atom stereocenters. The highest BCUT2D eigenvalue weighted by molar-refractivity contribution is 5.91. The van der Waals surface area contributed by atoms with Gasteiger partial charge in [0.1, 0.15) is 12.2 Å². The quantitative estimate of drug-likeness (QED) is 0.444. The van der Waals surface area contributed by atoms with Crippen molar-refractivity contribution in [1.29, 1.82) is 0 Å². The van der Waals surface area contributed by atoms with E-state index in [1.54, 1.807) is 6.92 Å². The van der Waals surface area contributed by atoms with Crippen molar-refractivity contribution in [3.05, 3.63) is 36.5 Å². The summed E-state index contributed by atoms with van der Waals surface area (Å²) >= 11 is 0. The highest BCUT2D eigenvalue weighted by Crippen LogP contribution is 2.57. The lowest BCUT2D eigenvalue weighted by molar-refractivity contribution is -0.181. The first-order chi connectivity index (χ1) is 11.6. The van der Waals surface area contributed by atoms with Crippen molar-refractivity contribution in [2.75, 3.05) is 0 Å². The van der Waals surface area contributed by atoms with Crippen LogP contribution in [0, 0.1) is 17.3 Å². The number of aliphatic hydroxyl groups excluding tert-OH is 2. The Balaban J connectivity index is 2.03. The van der Waals surface area contributed by atoms with Crippen molar-refractivity contribution in [2.24, 2.45) is 17.3 Å². The number of aliphatic hydroxyl groups is 2. The minimum Gasteiger partial charge on any atom is -0.458 e. The Kier molecular flexibility index (Phi) is 4.16. The number of fused-ring (bicyclic) bond motifs is 3. The topological polar surface area (TPSA) is 93.1 Å². The molecule has 1 heterocycles. The van der Waals surface area contributed by atoms with Crippen LogP contribution in [-0.2, 0) is 19.1 Å². The minimum absolute atomic E-state index is 0.152. The van der Waals surface area contributed by atoms with Crippen molar-refractivity contribution >= 4 is 11.9 Å². The summed E-state index contributed by atoms with van der Waals surface area (Å²) in [6.07, 6.45) is -2.56. The van der Waals surface area contributed by atoms with E-state index in [0.29, 0.717) is 12.0 Å². The van der Waals surface area contributed by atoms with Crippen LogP contribution in [0.15, 0.2) is 36.5 Å². The van der Waals surface area contributed by atoms with E-state index in [-0.39, 0.29) is 17.6 Å². The molecule has 6 heteroatoms. The van der Waals surface area contributed by atoms with Gasteiger partial charge in [-0.2, -0.15) is 0 Å². The van der Waals surface area contributed by atoms with Gasteiger partial charge >= 0.3 is 11.9 Å². The second-order valence-corrected chi connectivity index (χ2v) is 7.67. The molecule has 3 fully saturated rings. The SMILES string of the molecule is C=C(C)C(=O)O[C@H]1C[C@@]2(C)[C@H](O)C[C@@H](O)C(=C)[C@@H]2[C@H]2OC(=O)C(=C)[C@@H]21. The van der Waals surface area contributed by atoms with Gasteiger partial charge in [-0.05, 0) is 18.9 Å². The highest BCUT2D eigenvalue weighted by Gasteiger charge is 2.63. The fourth-order valence-corrected chi connectivity index (χ4v) is 4.55. The van der Waals surface area contributed by atoms with Gasteiger partial charge in [0.15, 0.2) is 0 Å². The normalized spacial score (nSPS) is 43.1. The summed E-state index contributed by atoms with van der Waals surface area (Å²) in [6, 6.07) is 0. The zero-order valence-corrected chi connectivity index (χ0v) is 14.5. The second-order valence-electron chi connectivity index (χ2n) is 7.67. The first kappa shape index (κ1) is 17.9. The van der Waals surface area contributed by atoms with Gasteiger partial charge in [-0.25, -0.2) is 9.59 Å². The number of carbonyl (C=O) groups excluding carboxylic acids is 2. The molecule has 2 N–H and O–H groups in total. The van der Waals surface area contributed by atoms with E-state index in [1.165, 1.54) is 0 Å². The number of hydrogen-bond acceptors (Lipinski definition) is 6. The Morgan fingerprint density at radius 2 is 2.00 bits per heavy atom. The number of rotatable bonds is 2. The van der Waals surface area contributed by atoms with E-state index in [4.69, 9.17) is 9.47 Å². The molecule has 1 saturated heterocycles. The highest BCUT2D eigenvalue weighted by atomic mass is 16.6. The molecule has 2 saturated carbocycles. The van der Waals surface area contributed by atoms with Crippen LogP contribution in [-0.4, -0.2) is 46.6 Å². The lowest BCUT2D eigenvalue weighted by atomic mass is 9.53. The van der Waals surface area contributed by atoms with Crippen molar-refractivity contribution in [3.8, 4) is 0 Å². The summed E-state index contributed by atoms with van der Waals surface area (Å²) < 4.78 is 11.1. The fourth-order valence-electron chi connectivity index (χ4n) is 4.55. The van der Waals surface area contributed by atoms with Crippen LogP contribution in [0.5, 0.6) is 0 Å². The summed E-state index contributed by atoms with van der Waals surface area (Å²) in [5.41, 5.74) is 0.301. The van der Waals surface area contributed by atoms with Crippen LogP contribution in [0.1, 0.15) is 26.7 Å². The molecule has 0 spiro atoms. The number of hydrogen-bond donors (Lipinski definition) is 2. The molecule has 3 rings (SSSR count). The summed E-state index contributed by atoms with van der Waals surface area (Å²) in [6.45, 7) is 14.8. The first-order valence-electron chi connectivity index (χ1n) is 8.39. The van der Waals surface area contributed by atoms with Gasteiger partial charge in [0.2, 0.25) is 0 Å². The minimum atomic E-state index is -0.865. The summed E-state index contributed by atoms with van der Waals surface area (Å²) in [5, 5.41) is 20.9. The maximum Gasteiger partial charge on any atom is 0.334 e. The second kappa shape index (κ2) is 5.81. The molecule has 0 radical (unpaired) electrons. The van der Waals surface area contributed by atoms with E-state index in [1.807, 2.05) is 6.92 Å². The summed E-state index contributed by atoms with van der Waals surface area (Å²) in [5.74, 6) is -2.05. The summed E-state index contributed by atoms with van der Waals surface area (Å²) in [4.78, 5) is 24.2. The predicted molar refractivity (Wildman–Crippen MR) is 89.2 cm³/mol. The predicted octanol–water partition coefficient (Wildman–Crippen LogP) is 1.28. The molecule has 6 nitrogen and oxygen atoms in total. The maximum absolute atomic E-state index is 12.1. The zero-order chi connectivity index (χ0) is 18.7. The number of ether oxygens (including phenoxy) is 2. The number of carbonyl (C=O) groups is 2. The van der Waals surface area contributed by atoms with Crippen molar-refractivity contribution in [1.82, 2.24) is 0 Å². The molecule has 0 amide bonds. The van der Waals surface area contributed by atoms with E-state index >= 15 is 0 Å². The Hall–Kier alpha value is -1.92. The lowest BCUT2D eigenvalue weighted by Crippen LogP contribution is -2.60. The summed E-state index contributed by atoms with van der Waals surface area (Å²) in [7, 11) is 0. The largest absolute Gasteiger partial charge is 0.458 e. The van der Waals surface area contributed by atoms with Crippen molar-refractivity contribution in [2.45, 2.75) is 51.1 Å². The Bertz CT molecular complexity index is 679. The standard InChI is InChI=1S/C19H24O6/c1-8(2)17(22)24-12-7-19(5)13(21)6-11(20)9(3)15(19)16-14(12)10(4)18(23)25-16/h11-16,20-21H,1,3-4,6-7H2,2,5H3/t11-,12+,13-,14-,15-,16+,19+/m1/s1. The van der Waals surface area contributed by atoms with Crippen LogP contribution >= 0.6 is 0 Å². The van der Waals surface area contributed by atoms with Gasteiger partial charge in [-0.3, -0.25) is 0 Å². The van der Waals surface area contributed by atoms with Crippen molar-refractivity contribution in [3.63, 3.8) is 0 Å². The van der Waals surface area contributed by atoms with Gasteiger partial charge in [-0.15, -0.1) is 0 Å². The van der Waals surface area contributed by atoms with Crippen LogP contribution in [0.25, 0.3) is 0 Å². The molecular formula is C19H24O6. The molecule has 1 aliphatic heterocycles. The Labute approximate surface area is 146 Å². The third-order valence-corrected chi connectivity index (χ3v) is 5.98. The Morgan fingerprint density at radius 3 is 2.60 bits per heavy atom. The van der Waals surface area contributed by atoms with E-state index in [9.17, 15) is 19.8 Å². The number of esters is 2. The van der Waals surface area contributed by atoms with Crippen molar-refractivity contribution < 1.29 is 29.3 Å². The average Bonchev–Trinajstić information content (AvgIpc) is 2.80. The van der Waals surface area contributed by atoms with Crippen LogP contribution < -0.4 is 0 Å². The molecule has 2 aliphatic carbocycles. The Morgan fingerprint density at radius 1 is 1.36 bits per heavy atom. The monoisotopic (exact) mass is 348 g/mol. The molecule has 3 aliphatic rings. The van der Waals surface area contributed by atoms with E-state index in [2.05, 4.69) is 19.7 Å². The molecule has 0 aromatic heterocycles. The first-order valence-corrected chi connectivity index (χ1v) is 8.39. The van der Waals surface area contributed by atoms with Crippen LogP contribution in [0.4, 0.5) is 0 Å². The third kappa shape index (κ3) is 2.55. The van der Waals surface area contributed by atoms with Gasteiger partial charge in [-0.1, -0.05) is 26.7 Å². The lowest BCUT2D eigenvalue weighted by Gasteiger charge is -2.55. The smallest absolute Gasteiger partial charge is 0.334 e. The van der Waals surface area contributed by atoms with Gasteiger partial charge < -0.3 is 19.7 Å². The van der Waals surface area contributed by atoms with E-state index < -0.39 is 53.6 Å². The zero-order valence-electron chi connectivity index (χ0n) is 14.5. The van der Waals surface area contributed by atoms with Crippen LogP contribution in [0.3, 0.4) is 0 Å². The molecule has 0 unspecified atom stereocenters. The van der Waals surface area contributed by atoms with Gasteiger partial charge in [0.05, 0.1) is 18.1 Å². The fraction of sp³-hybridized carbons (Fsp3) is 0.579.